The van der Waals surface area contributed by atoms with E-state index >= 15 is 0 Å². The average Bonchev–Trinajstić information content (AvgIpc) is 2.41. The highest BCUT2D eigenvalue weighted by atomic mass is 16.5. The van der Waals surface area contributed by atoms with Crippen molar-refractivity contribution in [1.29, 1.82) is 5.26 Å². The van der Waals surface area contributed by atoms with Crippen molar-refractivity contribution in [3.05, 3.63) is 30.3 Å². The van der Waals surface area contributed by atoms with Crippen LogP contribution >= 0.6 is 0 Å². The first-order valence-electron chi connectivity index (χ1n) is 6.35. The zero-order valence-corrected chi connectivity index (χ0v) is 10.8. The first-order valence-corrected chi connectivity index (χ1v) is 6.35. The maximum atomic E-state index is 9.20. The molecule has 2 nitrogen and oxygen atoms in total. The molecule has 17 heavy (non-hydrogen) atoms. The van der Waals surface area contributed by atoms with E-state index in [0.29, 0.717) is 6.61 Å². The van der Waals surface area contributed by atoms with Gasteiger partial charge in [-0.1, -0.05) is 32.0 Å². The molecule has 0 heterocycles. The number of nitrogens with zero attached hydrogens (tertiary/aromatic N) is 1. The van der Waals surface area contributed by atoms with E-state index in [4.69, 9.17) is 4.74 Å². The Labute approximate surface area is 104 Å². The molecule has 0 amide bonds. The molecule has 92 valence electrons. The van der Waals surface area contributed by atoms with Gasteiger partial charge in [0.25, 0.3) is 0 Å². The minimum absolute atomic E-state index is 0.153. The van der Waals surface area contributed by atoms with Crippen LogP contribution in [0, 0.1) is 16.7 Å². The summed E-state index contributed by atoms with van der Waals surface area (Å²) in [5.74, 6) is 0.906. The van der Waals surface area contributed by atoms with Crippen LogP contribution in [-0.2, 0) is 0 Å². The van der Waals surface area contributed by atoms with Gasteiger partial charge in [-0.25, -0.2) is 0 Å². The van der Waals surface area contributed by atoms with E-state index in [1.165, 1.54) is 0 Å². The molecule has 0 bridgehead atoms. The van der Waals surface area contributed by atoms with E-state index in [0.717, 1.165) is 31.4 Å². The lowest BCUT2D eigenvalue weighted by molar-refractivity contribution is 0.259. The molecule has 0 aliphatic carbocycles. The van der Waals surface area contributed by atoms with Crippen molar-refractivity contribution in [3.8, 4) is 11.8 Å². The average molecular weight is 231 g/mol. The Bertz CT molecular complexity index is 349. The number of ether oxygens (including phenoxy) is 1. The maximum Gasteiger partial charge on any atom is 0.119 e. The maximum absolute atomic E-state index is 9.20. The van der Waals surface area contributed by atoms with Gasteiger partial charge < -0.3 is 4.74 Å². The molecular formula is C15H21NO. The third-order valence-electron chi connectivity index (χ3n) is 3.40. The van der Waals surface area contributed by atoms with Gasteiger partial charge in [-0.2, -0.15) is 5.26 Å². The Morgan fingerprint density at radius 1 is 1.18 bits per heavy atom. The Kier molecular flexibility index (Phi) is 5.56. The highest BCUT2D eigenvalue weighted by Gasteiger charge is 2.24. The highest BCUT2D eigenvalue weighted by Crippen LogP contribution is 2.30. The van der Waals surface area contributed by atoms with Crippen LogP contribution < -0.4 is 4.74 Å². The topological polar surface area (TPSA) is 33.0 Å². The summed E-state index contributed by atoms with van der Waals surface area (Å²) in [6.45, 7) is 4.86. The van der Waals surface area contributed by atoms with Crippen molar-refractivity contribution in [2.75, 3.05) is 6.61 Å². The fraction of sp³-hybridized carbons (Fsp3) is 0.533. The Morgan fingerprint density at radius 2 is 1.82 bits per heavy atom. The second-order valence-corrected chi connectivity index (χ2v) is 4.36. The van der Waals surface area contributed by atoms with Gasteiger partial charge in [0.1, 0.15) is 5.75 Å². The Morgan fingerprint density at radius 3 is 2.35 bits per heavy atom. The normalized spacial score (nSPS) is 10.9. The third-order valence-corrected chi connectivity index (χ3v) is 3.40. The van der Waals surface area contributed by atoms with E-state index in [9.17, 15) is 5.26 Å². The molecule has 0 saturated heterocycles. The van der Waals surface area contributed by atoms with Crippen LogP contribution in [0.2, 0.25) is 0 Å². The first-order chi connectivity index (χ1) is 8.26. The van der Waals surface area contributed by atoms with Gasteiger partial charge in [-0.05, 0) is 37.8 Å². The van der Waals surface area contributed by atoms with Crippen molar-refractivity contribution < 1.29 is 4.74 Å². The standard InChI is InChI=1S/C15H21NO/c1-3-15(4-2,13-16)11-8-12-17-14-9-6-5-7-10-14/h5-7,9-10H,3-4,8,11-12H2,1-2H3. The van der Waals surface area contributed by atoms with Gasteiger partial charge in [-0.3, -0.25) is 0 Å². The molecule has 1 aromatic carbocycles. The number of nitriles is 1. The lowest BCUT2D eigenvalue weighted by Crippen LogP contribution is -2.17. The largest absolute Gasteiger partial charge is 0.494 e. The summed E-state index contributed by atoms with van der Waals surface area (Å²) in [4.78, 5) is 0. The molecule has 0 fully saturated rings. The number of para-hydroxylation sites is 1. The summed E-state index contributed by atoms with van der Waals surface area (Å²) in [7, 11) is 0. The monoisotopic (exact) mass is 231 g/mol. The number of rotatable bonds is 7. The molecule has 2 heteroatoms. The van der Waals surface area contributed by atoms with Crippen molar-refractivity contribution >= 4 is 0 Å². The summed E-state index contributed by atoms with van der Waals surface area (Å²) in [6, 6.07) is 12.3. The molecular weight excluding hydrogens is 210 g/mol. The van der Waals surface area contributed by atoms with E-state index < -0.39 is 0 Å². The molecule has 1 aromatic rings. The van der Waals surface area contributed by atoms with E-state index in [2.05, 4.69) is 19.9 Å². The lowest BCUT2D eigenvalue weighted by Gasteiger charge is -2.22. The molecule has 0 saturated carbocycles. The predicted molar refractivity (Wildman–Crippen MR) is 69.8 cm³/mol. The van der Waals surface area contributed by atoms with Gasteiger partial charge in [0.15, 0.2) is 0 Å². The summed E-state index contributed by atoms with van der Waals surface area (Å²) >= 11 is 0. The van der Waals surface area contributed by atoms with Crippen molar-refractivity contribution in [2.45, 2.75) is 39.5 Å². The zero-order valence-electron chi connectivity index (χ0n) is 10.8. The van der Waals surface area contributed by atoms with Crippen LogP contribution in [0.15, 0.2) is 30.3 Å². The van der Waals surface area contributed by atoms with Crippen LogP contribution in [0.25, 0.3) is 0 Å². The molecule has 0 aromatic heterocycles. The predicted octanol–water partition coefficient (Wildman–Crippen LogP) is 4.18. The first kappa shape index (κ1) is 13.6. The molecule has 0 atom stereocenters. The zero-order chi connectivity index (χ0) is 12.6. The third kappa shape index (κ3) is 4.11. The summed E-state index contributed by atoms with van der Waals surface area (Å²) in [6.07, 6.45) is 3.70. The Hall–Kier alpha value is -1.49. The Balaban J connectivity index is 2.31. The molecule has 0 radical (unpaired) electrons. The second kappa shape index (κ2) is 6.96. The summed E-state index contributed by atoms with van der Waals surface area (Å²) in [5.41, 5.74) is -0.153. The fourth-order valence-electron chi connectivity index (χ4n) is 1.93. The lowest BCUT2D eigenvalue weighted by atomic mass is 9.80. The number of benzene rings is 1. The van der Waals surface area contributed by atoms with Crippen molar-refractivity contribution in [2.24, 2.45) is 5.41 Å². The van der Waals surface area contributed by atoms with Crippen LogP contribution in [0.5, 0.6) is 5.75 Å². The van der Waals surface area contributed by atoms with Gasteiger partial charge in [-0.15, -0.1) is 0 Å². The van der Waals surface area contributed by atoms with Crippen LogP contribution in [0.3, 0.4) is 0 Å². The van der Waals surface area contributed by atoms with Crippen molar-refractivity contribution in [1.82, 2.24) is 0 Å². The van der Waals surface area contributed by atoms with Gasteiger partial charge in [0, 0.05) is 0 Å². The summed E-state index contributed by atoms with van der Waals surface area (Å²) < 4.78 is 5.63. The smallest absolute Gasteiger partial charge is 0.119 e. The quantitative estimate of drug-likeness (QED) is 0.660. The SMILES string of the molecule is CCC(C#N)(CC)CCCOc1ccccc1. The molecule has 0 unspecified atom stereocenters. The van der Waals surface area contributed by atoms with Gasteiger partial charge in [0.2, 0.25) is 0 Å². The number of hydrogen-bond donors (Lipinski definition) is 0. The fourth-order valence-corrected chi connectivity index (χ4v) is 1.93. The van der Waals surface area contributed by atoms with Gasteiger partial charge >= 0.3 is 0 Å². The van der Waals surface area contributed by atoms with E-state index in [1.54, 1.807) is 0 Å². The number of hydrogen-bond acceptors (Lipinski definition) is 2. The van der Waals surface area contributed by atoms with E-state index in [1.807, 2.05) is 30.3 Å². The highest BCUT2D eigenvalue weighted by molar-refractivity contribution is 5.20. The summed E-state index contributed by atoms with van der Waals surface area (Å²) in [5, 5.41) is 9.20. The molecule has 0 N–H and O–H groups in total. The molecule has 0 aliphatic rings. The minimum Gasteiger partial charge on any atom is -0.494 e. The van der Waals surface area contributed by atoms with Crippen molar-refractivity contribution in [3.63, 3.8) is 0 Å². The van der Waals surface area contributed by atoms with Crippen LogP contribution in [0.4, 0.5) is 0 Å². The molecule has 0 aliphatic heterocycles. The molecule has 1 rings (SSSR count). The van der Waals surface area contributed by atoms with Crippen LogP contribution in [0.1, 0.15) is 39.5 Å². The second-order valence-electron chi connectivity index (χ2n) is 4.36. The molecule has 0 spiro atoms. The van der Waals surface area contributed by atoms with E-state index in [-0.39, 0.29) is 5.41 Å². The minimum atomic E-state index is -0.153. The van der Waals surface area contributed by atoms with Crippen LogP contribution in [-0.4, -0.2) is 6.61 Å². The van der Waals surface area contributed by atoms with Gasteiger partial charge in [0.05, 0.1) is 18.1 Å².